The number of carbonyl (C=O) groups excluding carboxylic acids is 2. The Balaban J connectivity index is 2.03. The van der Waals surface area contributed by atoms with E-state index in [-0.39, 0.29) is 36.5 Å². The highest BCUT2D eigenvalue weighted by atomic mass is 16.6. The third-order valence-corrected chi connectivity index (χ3v) is 3.48. The maximum Gasteiger partial charge on any atom is 0.302 e. The molecule has 1 aliphatic rings. The minimum atomic E-state index is -0.352. The van der Waals surface area contributed by atoms with E-state index in [1.54, 1.807) is 12.1 Å². The number of rotatable bonds is 4. The van der Waals surface area contributed by atoms with Gasteiger partial charge in [-0.3, -0.25) is 9.59 Å². The summed E-state index contributed by atoms with van der Waals surface area (Å²) in [5.41, 5.74) is 0.663. The first-order chi connectivity index (χ1) is 9.56. The van der Waals surface area contributed by atoms with Gasteiger partial charge in [-0.15, -0.1) is 0 Å². The minimum Gasteiger partial charge on any atom is -0.460 e. The lowest BCUT2D eigenvalue weighted by atomic mass is 9.95. The second-order valence-corrected chi connectivity index (χ2v) is 5.20. The summed E-state index contributed by atoms with van der Waals surface area (Å²) >= 11 is 0. The predicted octanol–water partition coefficient (Wildman–Crippen LogP) is 2.76. The molecule has 4 heteroatoms. The highest BCUT2D eigenvalue weighted by Crippen LogP contribution is 2.25. The standard InChI is InChI=1S/C16H20O4/c1-11-8-9-15(20-12(2)17)16(19-11)10-14(18)13-6-4-3-5-7-13/h3-7,11,15-16H,8-10H2,1-2H3/t11-,15+,16-/m1/s1. The number of ether oxygens (including phenoxy) is 2. The van der Waals surface area contributed by atoms with E-state index >= 15 is 0 Å². The Bertz CT molecular complexity index is 469. The van der Waals surface area contributed by atoms with Crippen LogP contribution in [0, 0.1) is 0 Å². The summed E-state index contributed by atoms with van der Waals surface area (Å²) < 4.78 is 11.1. The molecule has 1 aliphatic heterocycles. The van der Waals surface area contributed by atoms with E-state index in [9.17, 15) is 9.59 Å². The average Bonchev–Trinajstić information content (AvgIpc) is 2.42. The summed E-state index contributed by atoms with van der Waals surface area (Å²) in [5, 5.41) is 0. The molecule has 0 amide bonds. The largest absolute Gasteiger partial charge is 0.460 e. The molecule has 1 aromatic rings. The maximum absolute atomic E-state index is 12.2. The van der Waals surface area contributed by atoms with Crippen LogP contribution in [0.5, 0.6) is 0 Å². The van der Waals surface area contributed by atoms with Crippen LogP contribution in [0.3, 0.4) is 0 Å². The van der Waals surface area contributed by atoms with Gasteiger partial charge in [-0.05, 0) is 19.8 Å². The third kappa shape index (κ3) is 3.90. The maximum atomic E-state index is 12.2. The van der Waals surface area contributed by atoms with Crippen molar-refractivity contribution in [3.8, 4) is 0 Å². The molecule has 0 aliphatic carbocycles. The van der Waals surface area contributed by atoms with Gasteiger partial charge >= 0.3 is 5.97 Å². The van der Waals surface area contributed by atoms with E-state index in [4.69, 9.17) is 9.47 Å². The van der Waals surface area contributed by atoms with Crippen molar-refractivity contribution in [1.29, 1.82) is 0 Å². The summed E-state index contributed by atoms with van der Waals surface area (Å²) in [4.78, 5) is 23.4. The zero-order valence-corrected chi connectivity index (χ0v) is 11.9. The topological polar surface area (TPSA) is 52.6 Å². The van der Waals surface area contributed by atoms with Crippen molar-refractivity contribution < 1.29 is 19.1 Å². The molecule has 1 saturated heterocycles. The molecule has 0 radical (unpaired) electrons. The van der Waals surface area contributed by atoms with E-state index in [0.717, 1.165) is 12.8 Å². The van der Waals surface area contributed by atoms with Crippen LogP contribution in [0.25, 0.3) is 0 Å². The Hall–Kier alpha value is -1.68. The Morgan fingerprint density at radius 2 is 1.95 bits per heavy atom. The van der Waals surface area contributed by atoms with Crippen molar-refractivity contribution in [2.24, 2.45) is 0 Å². The molecule has 0 aromatic heterocycles. The molecular formula is C16H20O4. The molecule has 2 rings (SSSR count). The molecule has 1 heterocycles. The fourth-order valence-corrected chi connectivity index (χ4v) is 2.49. The SMILES string of the molecule is CC(=O)O[C@H]1CC[C@@H](C)O[C@@H]1CC(=O)c1ccccc1. The zero-order chi connectivity index (χ0) is 14.5. The van der Waals surface area contributed by atoms with Gasteiger partial charge in [0.25, 0.3) is 0 Å². The van der Waals surface area contributed by atoms with Gasteiger partial charge in [0.1, 0.15) is 12.2 Å². The first kappa shape index (κ1) is 14.7. The van der Waals surface area contributed by atoms with Gasteiger partial charge in [0.15, 0.2) is 5.78 Å². The minimum absolute atomic E-state index is 0.0156. The van der Waals surface area contributed by atoms with Gasteiger partial charge < -0.3 is 9.47 Å². The Kier molecular flexibility index (Phi) is 4.90. The molecule has 0 bridgehead atoms. The first-order valence-corrected chi connectivity index (χ1v) is 6.97. The molecule has 0 spiro atoms. The van der Waals surface area contributed by atoms with Crippen molar-refractivity contribution in [3.63, 3.8) is 0 Å². The lowest BCUT2D eigenvalue weighted by molar-refractivity contribution is -0.167. The van der Waals surface area contributed by atoms with Gasteiger partial charge in [-0.25, -0.2) is 0 Å². The Labute approximate surface area is 119 Å². The smallest absolute Gasteiger partial charge is 0.302 e. The zero-order valence-electron chi connectivity index (χ0n) is 11.9. The summed E-state index contributed by atoms with van der Waals surface area (Å²) in [5.74, 6) is -0.313. The lowest BCUT2D eigenvalue weighted by Crippen LogP contribution is -2.41. The Morgan fingerprint density at radius 1 is 1.25 bits per heavy atom. The van der Waals surface area contributed by atoms with Gasteiger partial charge in [0.2, 0.25) is 0 Å². The number of carbonyl (C=O) groups is 2. The van der Waals surface area contributed by atoms with Crippen molar-refractivity contribution >= 4 is 11.8 Å². The van der Waals surface area contributed by atoms with E-state index in [1.165, 1.54) is 6.92 Å². The van der Waals surface area contributed by atoms with Crippen LogP contribution in [0.4, 0.5) is 0 Å². The number of Topliss-reactive ketones (excluding diaryl/α,β-unsaturated/α-hetero) is 1. The summed E-state index contributed by atoms with van der Waals surface area (Å²) in [6, 6.07) is 9.12. The summed E-state index contributed by atoms with van der Waals surface area (Å²) in [6.45, 7) is 3.36. The predicted molar refractivity (Wildman–Crippen MR) is 74.5 cm³/mol. The van der Waals surface area contributed by atoms with Crippen LogP contribution in [0.15, 0.2) is 30.3 Å². The number of esters is 1. The molecule has 3 atom stereocenters. The molecular weight excluding hydrogens is 256 g/mol. The molecule has 1 aromatic carbocycles. The molecule has 0 saturated carbocycles. The van der Waals surface area contributed by atoms with Crippen LogP contribution in [-0.2, 0) is 14.3 Å². The van der Waals surface area contributed by atoms with Crippen molar-refractivity contribution in [1.82, 2.24) is 0 Å². The molecule has 1 fully saturated rings. The third-order valence-electron chi connectivity index (χ3n) is 3.48. The van der Waals surface area contributed by atoms with Crippen molar-refractivity contribution in [2.45, 2.75) is 51.4 Å². The van der Waals surface area contributed by atoms with E-state index in [2.05, 4.69) is 0 Å². The number of ketones is 1. The van der Waals surface area contributed by atoms with Crippen molar-refractivity contribution in [3.05, 3.63) is 35.9 Å². The normalized spacial score (nSPS) is 26.0. The van der Waals surface area contributed by atoms with Crippen LogP contribution < -0.4 is 0 Å². The monoisotopic (exact) mass is 276 g/mol. The Morgan fingerprint density at radius 3 is 2.60 bits per heavy atom. The average molecular weight is 276 g/mol. The summed E-state index contributed by atoms with van der Waals surface area (Å²) in [7, 11) is 0. The second kappa shape index (κ2) is 6.66. The van der Waals surface area contributed by atoms with Gasteiger partial charge in [0.05, 0.1) is 6.10 Å². The summed E-state index contributed by atoms with van der Waals surface area (Å²) in [6.07, 6.45) is 1.25. The lowest BCUT2D eigenvalue weighted by Gasteiger charge is -2.34. The fourth-order valence-electron chi connectivity index (χ4n) is 2.49. The highest BCUT2D eigenvalue weighted by Gasteiger charge is 2.33. The first-order valence-electron chi connectivity index (χ1n) is 6.97. The number of benzene rings is 1. The second-order valence-electron chi connectivity index (χ2n) is 5.20. The van der Waals surface area contributed by atoms with Gasteiger partial charge in [-0.1, -0.05) is 30.3 Å². The van der Waals surface area contributed by atoms with E-state index in [0.29, 0.717) is 5.56 Å². The van der Waals surface area contributed by atoms with Gasteiger partial charge in [-0.2, -0.15) is 0 Å². The molecule has 108 valence electrons. The molecule has 0 unspecified atom stereocenters. The van der Waals surface area contributed by atoms with Crippen LogP contribution in [0.1, 0.15) is 43.5 Å². The highest BCUT2D eigenvalue weighted by molar-refractivity contribution is 5.96. The van der Waals surface area contributed by atoms with Crippen LogP contribution in [-0.4, -0.2) is 30.1 Å². The van der Waals surface area contributed by atoms with Crippen molar-refractivity contribution in [2.75, 3.05) is 0 Å². The van der Waals surface area contributed by atoms with E-state index in [1.807, 2.05) is 25.1 Å². The quantitative estimate of drug-likeness (QED) is 0.627. The number of hydrogen-bond donors (Lipinski definition) is 0. The van der Waals surface area contributed by atoms with Crippen LogP contribution in [0.2, 0.25) is 0 Å². The van der Waals surface area contributed by atoms with E-state index < -0.39 is 0 Å². The number of hydrogen-bond acceptors (Lipinski definition) is 4. The van der Waals surface area contributed by atoms with Gasteiger partial charge in [0, 0.05) is 18.9 Å². The molecule has 4 nitrogen and oxygen atoms in total. The molecule has 0 N–H and O–H groups in total. The van der Waals surface area contributed by atoms with Crippen LogP contribution >= 0.6 is 0 Å². The molecule has 20 heavy (non-hydrogen) atoms. The fraction of sp³-hybridized carbons (Fsp3) is 0.500.